The zero-order valence-corrected chi connectivity index (χ0v) is 15.3. The third-order valence-electron chi connectivity index (χ3n) is 3.78. The highest BCUT2D eigenvalue weighted by molar-refractivity contribution is 7.08. The van der Waals surface area contributed by atoms with Gasteiger partial charge in [0.1, 0.15) is 11.5 Å². The van der Waals surface area contributed by atoms with Gasteiger partial charge >= 0.3 is 6.03 Å². The van der Waals surface area contributed by atoms with Crippen molar-refractivity contribution in [1.29, 1.82) is 0 Å². The van der Waals surface area contributed by atoms with Gasteiger partial charge in [-0.05, 0) is 35.2 Å². The van der Waals surface area contributed by atoms with Crippen molar-refractivity contribution < 1.29 is 14.3 Å². The van der Waals surface area contributed by atoms with E-state index in [4.69, 9.17) is 9.47 Å². The minimum atomic E-state index is -0.325. The molecule has 7 heteroatoms. The lowest BCUT2D eigenvalue weighted by Gasteiger charge is -2.13. The number of thiophene rings is 1. The summed E-state index contributed by atoms with van der Waals surface area (Å²) in [5.74, 6) is 1.18. The molecule has 2 heterocycles. The molecule has 3 rings (SSSR count). The van der Waals surface area contributed by atoms with Crippen molar-refractivity contribution in [1.82, 2.24) is 10.3 Å². The SMILES string of the molecule is COc1ccc(NC(=O)NCc2cccnc2-c2ccsc2)c(OC)c1. The molecule has 26 heavy (non-hydrogen) atoms. The van der Waals surface area contributed by atoms with E-state index in [1.54, 1.807) is 50.0 Å². The fourth-order valence-electron chi connectivity index (χ4n) is 2.48. The molecule has 0 fully saturated rings. The van der Waals surface area contributed by atoms with Crippen molar-refractivity contribution in [2.24, 2.45) is 0 Å². The maximum absolute atomic E-state index is 12.3. The molecular weight excluding hydrogens is 350 g/mol. The van der Waals surface area contributed by atoms with E-state index >= 15 is 0 Å². The second kappa shape index (κ2) is 8.35. The Labute approximate surface area is 155 Å². The Kier molecular flexibility index (Phi) is 5.70. The summed E-state index contributed by atoms with van der Waals surface area (Å²) in [5.41, 5.74) is 3.43. The van der Waals surface area contributed by atoms with E-state index in [9.17, 15) is 4.79 Å². The van der Waals surface area contributed by atoms with Gasteiger partial charge in [0.2, 0.25) is 0 Å². The van der Waals surface area contributed by atoms with Crippen LogP contribution in [-0.2, 0) is 6.54 Å². The van der Waals surface area contributed by atoms with E-state index < -0.39 is 0 Å². The highest BCUT2D eigenvalue weighted by Crippen LogP contribution is 2.29. The van der Waals surface area contributed by atoms with E-state index in [0.29, 0.717) is 23.7 Å². The first kappa shape index (κ1) is 17.8. The number of hydrogen-bond acceptors (Lipinski definition) is 5. The number of ether oxygens (including phenoxy) is 2. The lowest BCUT2D eigenvalue weighted by molar-refractivity contribution is 0.251. The molecule has 0 bridgehead atoms. The third kappa shape index (κ3) is 4.12. The maximum Gasteiger partial charge on any atom is 0.319 e. The van der Waals surface area contributed by atoms with Crippen molar-refractivity contribution >= 4 is 23.1 Å². The number of carbonyl (C=O) groups excluding carboxylic acids is 1. The molecule has 2 aromatic heterocycles. The van der Waals surface area contributed by atoms with Gasteiger partial charge in [-0.15, -0.1) is 0 Å². The first-order valence-electron chi connectivity index (χ1n) is 7.94. The maximum atomic E-state index is 12.3. The van der Waals surface area contributed by atoms with Crippen LogP contribution in [-0.4, -0.2) is 25.2 Å². The van der Waals surface area contributed by atoms with Gasteiger partial charge in [-0.3, -0.25) is 4.98 Å². The standard InChI is InChI=1S/C19H19N3O3S/c1-24-15-5-6-16(17(10-15)25-2)22-19(23)21-11-13-4-3-8-20-18(13)14-7-9-26-12-14/h3-10,12H,11H2,1-2H3,(H2,21,22,23). The Morgan fingerprint density at radius 3 is 2.81 bits per heavy atom. The summed E-state index contributed by atoms with van der Waals surface area (Å²) < 4.78 is 10.4. The highest BCUT2D eigenvalue weighted by atomic mass is 32.1. The molecule has 0 aliphatic rings. The zero-order chi connectivity index (χ0) is 18.4. The lowest BCUT2D eigenvalue weighted by atomic mass is 10.1. The molecule has 1 aromatic carbocycles. The number of amides is 2. The Morgan fingerprint density at radius 1 is 1.19 bits per heavy atom. The van der Waals surface area contributed by atoms with Crippen molar-refractivity contribution in [3.05, 3.63) is 58.9 Å². The molecule has 0 spiro atoms. The summed E-state index contributed by atoms with van der Waals surface area (Å²) in [6, 6.07) is 10.7. The monoisotopic (exact) mass is 369 g/mol. The lowest BCUT2D eigenvalue weighted by Crippen LogP contribution is -2.28. The summed E-state index contributed by atoms with van der Waals surface area (Å²) in [7, 11) is 3.12. The Morgan fingerprint density at radius 2 is 2.08 bits per heavy atom. The molecule has 0 aliphatic carbocycles. The number of urea groups is 1. The highest BCUT2D eigenvalue weighted by Gasteiger charge is 2.11. The van der Waals surface area contributed by atoms with E-state index in [2.05, 4.69) is 15.6 Å². The summed E-state index contributed by atoms with van der Waals surface area (Å²) in [4.78, 5) is 16.7. The Hall–Kier alpha value is -3.06. The summed E-state index contributed by atoms with van der Waals surface area (Å²) in [6.07, 6.45) is 1.75. The average molecular weight is 369 g/mol. The number of carbonyl (C=O) groups is 1. The van der Waals surface area contributed by atoms with Crippen LogP contribution in [0.2, 0.25) is 0 Å². The minimum absolute atomic E-state index is 0.325. The molecule has 2 amide bonds. The molecule has 0 radical (unpaired) electrons. The third-order valence-corrected chi connectivity index (χ3v) is 4.47. The number of nitrogens with zero attached hydrogens (tertiary/aromatic N) is 1. The topological polar surface area (TPSA) is 72.5 Å². The number of hydrogen-bond donors (Lipinski definition) is 2. The Bertz CT molecular complexity index is 881. The summed E-state index contributed by atoms with van der Waals surface area (Å²) in [5, 5.41) is 9.68. The van der Waals surface area contributed by atoms with Gasteiger partial charge in [0.25, 0.3) is 0 Å². The number of anilines is 1. The average Bonchev–Trinajstić information content (AvgIpc) is 3.21. The molecule has 3 aromatic rings. The van der Waals surface area contributed by atoms with Crippen LogP contribution in [0.5, 0.6) is 11.5 Å². The molecule has 2 N–H and O–H groups in total. The predicted octanol–water partition coefficient (Wildman–Crippen LogP) is 4.15. The normalized spacial score (nSPS) is 10.2. The molecule has 0 unspecified atom stereocenters. The predicted molar refractivity (Wildman–Crippen MR) is 103 cm³/mol. The van der Waals surface area contributed by atoms with E-state index in [1.165, 1.54) is 0 Å². The van der Waals surface area contributed by atoms with Crippen LogP contribution in [0.25, 0.3) is 11.3 Å². The van der Waals surface area contributed by atoms with E-state index in [0.717, 1.165) is 16.8 Å². The van der Waals surface area contributed by atoms with Crippen LogP contribution in [0.15, 0.2) is 53.4 Å². The Balaban J connectivity index is 1.67. The number of pyridine rings is 1. The number of benzene rings is 1. The van der Waals surface area contributed by atoms with Crippen molar-refractivity contribution in [2.45, 2.75) is 6.54 Å². The van der Waals surface area contributed by atoms with Crippen LogP contribution in [0.4, 0.5) is 10.5 Å². The van der Waals surface area contributed by atoms with Crippen molar-refractivity contribution in [2.75, 3.05) is 19.5 Å². The van der Waals surface area contributed by atoms with Gasteiger partial charge < -0.3 is 20.1 Å². The van der Waals surface area contributed by atoms with Crippen LogP contribution in [0.1, 0.15) is 5.56 Å². The van der Waals surface area contributed by atoms with E-state index in [-0.39, 0.29) is 6.03 Å². The van der Waals surface area contributed by atoms with Crippen LogP contribution < -0.4 is 20.1 Å². The summed E-state index contributed by atoms with van der Waals surface area (Å²) in [6.45, 7) is 0.364. The molecule has 0 aliphatic heterocycles. The minimum Gasteiger partial charge on any atom is -0.497 e. The van der Waals surface area contributed by atoms with Gasteiger partial charge in [0.15, 0.2) is 0 Å². The van der Waals surface area contributed by atoms with Crippen LogP contribution in [0, 0.1) is 0 Å². The van der Waals surface area contributed by atoms with Gasteiger partial charge in [0, 0.05) is 29.8 Å². The first-order valence-corrected chi connectivity index (χ1v) is 8.89. The van der Waals surface area contributed by atoms with Crippen molar-refractivity contribution in [3.63, 3.8) is 0 Å². The fourth-order valence-corrected chi connectivity index (χ4v) is 3.12. The molecule has 134 valence electrons. The fraction of sp³-hybridized carbons (Fsp3) is 0.158. The largest absolute Gasteiger partial charge is 0.497 e. The van der Waals surface area contributed by atoms with Gasteiger partial charge in [-0.2, -0.15) is 11.3 Å². The zero-order valence-electron chi connectivity index (χ0n) is 14.5. The van der Waals surface area contributed by atoms with Crippen LogP contribution in [0.3, 0.4) is 0 Å². The van der Waals surface area contributed by atoms with Gasteiger partial charge in [-0.1, -0.05) is 6.07 Å². The number of aromatic nitrogens is 1. The molecule has 0 atom stereocenters. The quantitative estimate of drug-likeness (QED) is 0.685. The number of rotatable bonds is 6. The second-order valence-electron chi connectivity index (χ2n) is 5.40. The van der Waals surface area contributed by atoms with E-state index in [1.807, 2.05) is 29.0 Å². The molecule has 6 nitrogen and oxygen atoms in total. The van der Waals surface area contributed by atoms with Crippen LogP contribution >= 0.6 is 11.3 Å². The first-order chi connectivity index (χ1) is 12.7. The van der Waals surface area contributed by atoms with Gasteiger partial charge in [0.05, 0.1) is 25.6 Å². The molecule has 0 saturated heterocycles. The summed E-state index contributed by atoms with van der Waals surface area (Å²) >= 11 is 1.61. The van der Waals surface area contributed by atoms with Crippen molar-refractivity contribution in [3.8, 4) is 22.8 Å². The number of methoxy groups -OCH3 is 2. The smallest absolute Gasteiger partial charge is 0.319 e. The van der Waals surface area contributed by atoms with Gasteiger partial charge in [-0.25, -0.2) is 4.79 Å². The molecule has 0 saturated carbocycles. The molecular formula is C19H19N3O3S. The second-order valence-corrected chi connectivity index (χ2v) is 6.18. The number of nitrogens with one attached hydrogen (secondary N) is 2.